The minimum Gasteiger partial charge on any atom is -0.311 e. The van der Waals surface area contributed by atoms with Gasteiger partial charge in [-0.25, -0.2) is 4.39 Å². The van der Waals surface area contributed by atoms with E-state index < -0.39 is 18.6 Å². The van der Waals surface area contributed by atoms with Gasteiger partial charge in [0.15, 0.2) is 5.92 Å². The lowest BCUT2D eigenvalue weighted by Crippen LogP contribution is -2.32. The Labute approximate surface area is 109 Å². The van der Waals surface area contributed by atoms with Gasteiger partial charge in [-0.15, -0.1) is 0 Å². The van der Waals surface area contributed by atoms with Crippen LogP contribution in [0, 0.1) is 36.9 Å². The number of rotatable bonds is 4. The molecule has 1 aromatic carbocycles. The fourth-order valence-electron chi connectivity index (χ4n) is 1.73. The Morgan fingerprint density at radius 2 is 1.79 bits per heavy atom. The van der Waals surface area contributed by atoms with Crippen LogP contribution in [-0.4, -0.2) is 12.7 Å². The summed E-state index contributed by atoms with van der Waals surface area (Å²) in [6.45, 7) is 2.88. The van der Waals surface area contributed by atoms with Crippen LogP contribution in [0.15, 0.2) is 12.1 Å². The topological polar surface area (TPSA) is 35.8 Å². The normalized spacial score (nSPS) is 13.1. The molecule has 0 aromatic heterocycles. The first-order valence-corrected chi connectivity index (χ1v) is 5.68. The van der Waals surface area contributed by atoms with Gasteiger partial charge in [-0.3, -0.25) is 0 Å². The maximum atomic E-state index is 13.4. The molecular weight excluding hydrogens is 260 g/mol. The van der Waals surface area contributed by atoms with Crippen LogP contribution < -0.4 is 5.32 Å². The van der Waals surface area contributed by atoms with Crippen molar-refractivity contribution in [1.82, 2.24) is 5.32 Å². The molecule has 0 saturated heterocycles. The first kappa shape index (κ1) is 15.4. The lowest BCUT2D eigenvalue weighted by molar-refractivity contribution is -0.157. The number of nitrogens with zero attached hydrogens (tertiary/aromatic N) is 1. The largest absolute Gasteiger partial charge is 0.405 e. The first-order valence-electron chi connectivity index (χ1n) is 5.68. The molecule has 0 heterocycles. The zero-order valence-corrected chi connectivity index (χ0v) is 10.6. The maximum absolute atomic E-state index is 13.4. The molecule has 2 nitrogen and oxygen atoms in total. The van der Waals surface area contributed by atoms with E-state index in [2.05, 4.69) is 5.32 Å². The van der Waals surface area contributed by atoms with Crippen LogP contribution in [0.25, 0.3) is 0 Å². The number of nitriles is 1. The second kappa shape index (κ2) is 6.02. The molecule has 104 valence electrons. The van der Waals surface area contributed by atoms with Crippen molar-refractivity contribution in [2.45, 2.75) is 26.6 Å². The van der Waals surface area contributed by atoms with Gasteiger partial charge in [0.05, 0.1) is 6.07 Å². The molecule has 1 atom stereocenters. The minimum absolute atomic E-state index is 0.163. The SMILES string of the molecule is Cc1cc(CNCC(C#N)C(F)(F)F)cc(C)c1F. The van der Waals surface area contributed by atoms with Crippen LogP contribution in [0.5, 0.6) is 0 Å². The van der Waals surface area contributed by atoms with Crippen molar-refractivity contribution < 1.29 is 17.6 Å². The van der Waals surface area contributed by atoms with E-state index in [-0.39, 0.29) is 12.4 Å². The van der Waals surface area contributed by atoms with Gasteiger partial charge in [0.25, 0.3) is 0 Å². The van der Waals surface area contributed by atoms with Crippen molar-refractivity contribution in [3.8, 4) is 6.07 Å². The summed E-state index contributed by atoms with van der Waals surface area (Å²) in [5.41, 5.74) is 1.59. The molecule has 0 aliphatic rings. The summed E-state index contributed by atoms with van der Waals surface area (Å²) in [5.74, 6) is -2.34. The summed E-state index contributed by atoms with van der Waals surface area (Å²) in [5, 5.41) is 11.0. The smallest absolute Gasteiger partial charge is 0.311 e. The standard InChI is InChI=1S/C13H14F4N2/c1-8-3-10(4-9(2)12(8)14)6-19-7-11(5-18)13(15,16)17/h3-4,11,19H,6-7H2,1-2H3. The van der Waals surface area contributed by atoms with Gasteiger partial charge in [0, 0.05) is 13.1 Å². The Balaban J connectivity index is 2.62. The van der Waals surface area contributed by atoms with Gasteiger partial charge in [-0.05, 0) is 30.5 Å². The van der Waals surface area contributed by atoms with E-state index >= 15 is 0 Å². The van der Waals surface area contributed by atoms with E-state index in [1.54, 1.807) is 26.0 Å². The van der Waals surface area contributed by atoms with E-state index in [1.165, 1.54) is 6.07 Å². The third-order valence-electron chi connectivity index (χ3n) is 2.72. The summed E-state index contributed by atoms with van der Waals surface area (Å²) >= 11 is 0. The molecule has 0 aliphatic carbocycles. The van der Waals surface area contributed by atoms with Crippen LogP contribution in [0.3, 0.4) is 0 Å². The number of benzene rings is 1. The van der Waals surface area contributed by atoms with Gasteiger partial charge in [0.2, 0.25) is 0 Å². The predicted molar refractivity (Wildman–Crippen MR) is 62.7 cm³/mol. The Bertz CT molecular complexity index is 465. The maximum Gasteiger partial charge on any atom is 0.405 e. The Morgan fingerprint density at radius 3 is 2.21 bits per heavy atom. The van der Waals surface area contributed by atoms with Crippen LogP contribution in [0.1, 0.15) is 16.7 Å². The predicted octanol–water partition coefficient (Wildman–Crippen LogP) is 3.23. The summed E-state index contributed by atoms with van der Waals surface area (Å²) in [6.07, 6.45) is -4.53. The number of halogens is 4. The highest BCUT2D eigenvalue weighted by molar-refractivity contribution is 5.30. The Kier molecular flexibility index (Phi) is 4.90. The number of nitrogens with one attached hydrogen (secondary N) is 1. The average Bonchev–Trinajstić information content (AvgIpc) is 2.29. The van der Waals surface area contributed by atoms with Crippen molar-refractivity contribution in [2.24, 2.45) is 5.92 Å². The molecule has 0 fully saturated rings. The summed E-state index contributed by atoms with van der Waals surface area (Å²) in [6, 6.07) is 4.36. The first-order chi connectivity index (χ1) is 8.75. The molecule has 1 rings (SSSR count). The second-order valence-corrected chi connectivity index (χ2v) is 4.40. The quantitative estimate of drug-likeness (QED) is 0.856. The third kappa shape index (κ3) is 4.21. The van der Waals surface area contributed by atoms with E-state index in [1.807, 2.05) is 0 Å². The number of hydrogen-bond donors (Lipinski definition) is 1. The van der Waals surface area contributed by atoms with Gasteiger partial charge in [-0.1, -0.05) is 12.1 Å². The molecule has 1 aromatic rings. The molecule has 1 unspecified atom stereocenters. The van der Waals surface area contributed by atoms with Crippen molar-refractivity contribution in [2.75, 3.05) is 6.54 Å². The fourth-order valence-corrected chi connectivity index (χ4v) is 1.73. The lowest BCUT2D eigenvalue weighted by Gasteiger charge is -2.14. The van der Waals surface area contributed by atoms with Gasteiger partial charge in [0.1, 0.15) is 5.82 Å². The molecule has 0 spiro atoms. The molecule has 19 heavy (non-hydrogen) atoms. The highest BCUT2D eigenvalue weighted by Gasteiger charge is 2.39. The van der Waals surface area contributed by atoms with Crippen LogP contribution in [-0.2, 0) is 6.54 Å². The fraction of sp³-hybridized carbons (Fsp3) is 0.462. The average molecular weight is 274 g/mol. The zero-order chi connectivity index (χ0) is 14.6. The zero-order valence-electron chi connectivity index (χ0n) is 10.6. The number of alkyl halides is 3. The number of aryl methyl sites for hydroxylation is 2. The van der Waals surface area contributed by atoms with Crippen LogP contribution >= 0.6 is 0 Å². The van der Waals surface area contributed by atoms with Gasteiger partial charge >= 0.3 is 6.18 Å². The molecule has 6 heteroatoms. The Morgan fingerprint density at radius 1 is 1.26 bits per heavy atom. The summed E-state index contributed by atoms with van der Waals surface area (Å²) in [7, 11) is 0. The second-order valence-electron chi connectivity index (χ2n) is 4.40. The van der Waals surface area contributed by atoms with Crippen molar-refractivity contribution in [3.63, 3.8) is 0 Å². The van der Waals surface area contributed by atoms with E-state index in [4.69, 9.17) is 5.26 Å². The summed E-state index contributed by atoms with van der Waals surface area (Å²) in [4.78, 5) is 0. The minimum atomic E-state index is -4.53. The molecule has 0 radical (unpaired) electrons. The van der Waals surface area contributed by atoms with E-state index in [0.717, 1.165) is 0 Å². The molecule has 0 amide bonds. The third-order valence-corrected chi connectivity index (χ3v) is 2.72. The highest BCUT2D eigenvalue weighted by Crippen LogP contribution is 2.25. The van der Waals surface area contributed by atoms with Crippen molar-refractivity contribution >= 4 is 0 Å². The lowest BCUT2D eigenvalue weighted by atomic mass is 10.1. The van der Waals surface area contributed by atoms with Crippen molar-refractivity contribution in [1.29, 1.82) is 5.26 Å². The van der Waals surface area contributed by atoms with Crippen LogP contribution in [0.4, 0.5) is 17.6 Å². The van der Waals surface area contributed by atoms with Gasteiger partial charge in [-0.2, -0.15) is 18.4 Å². The van der Waals surface area contributed by atoms with E-state index in [0.29, 0.717) is 16.7 Å². The van der Waals surface area contributed by atoms with Gasteiger partial charge < -0.3 is 5.32 Å². The molecule has 0 saturated carbocycles. The molecule has 0 bridgehead atoms. The van der Waals surface area contributed by atoms with E-state index in [9.17, 15) is 17.6 Å². The monoisotopic (exact) mass is 274 g/mol. The summed E-state index contributed by atoms with van der Waals surface area (Å²) < 4.78 is 50.3. The highest BCUT2D eigenvalue weighted by atomic mass is 19.4. The molecule has 0 aliphatic heterocycles. The number of hydrogen-bond acceptors (Lipinski definition) is 2. The Hall–Kier alpha value is -1.61. The van der Waals surface area contributed by atoms with Crippen LogP contribution in [0.2, 0.25) is 0 Å². The molecular formula is C13H14F4N2. The molecule has 1 N–H and O–H groups in total. The van der Waals surface area contributed by atoms with Crippen molar-refractivity contribution in [3.05, 3.63) is 34.6 Å².